The fraction of sp³-hybridized carbons (Fsp3) is 0.364. The summed E-state index contributed by atoms with van der Waals surface area (Å²) in [7, 11) is 0. The minimum absolute atomic E-state index is 0.0802. The molecule has 0 heterocycles. The third-order valence-corrected chi connectivity index (χ3v) is 4.57. The van der Waals surface area contributed by atoms with Gasteiger partial charge in [0.25, 0.3) is 0 Å². The van der Waals surface area contributed by atoms with Crippen molar-refractivity contribution in [2.75, 3.05) is 6.54 Å². The van der Waals surface area contributed by atoms with Crippen LogP contribution in [0.1, 0.15) is 31.9 Å². The number of rotatable bonds is 8. The van der Waals surface area contributed by atoms with Crippen molar-refractivity contribution in [3.63, 3.8) is 0 Å². The zero-order chi connectivity index (χ0) is 19.8. The summed E-state index contributed by atoms with van der Waals surface area (Å²) in [6.45, 7) is 6.80. The van der Waals surface area contributed by atoms with E-state index in [-0.39, 0.29) is 18.2 Å². The zero-order valence-corrected chi connectivity index (χ0v) is 16.9. The molecule has 144 valence electrons. The number of hydrogen-bond acceptors (Lipinski definition) is 2. The Hall–Kier alpha value is -2.33. The first kappa shape index (κ1) is 21.0. The zero-order valence-electron chi connectivity index (χ0n) is 16.1. The van der Waals surface area contributed by atoms with Crippen molar-refractivity contribution in [2.45, 2.75) is 39.8 Å². The van der Waals surface area contributed by atoms with Crippen LogP contribution in [0.5, 0.6) is 0 Å². The van der Waals surface area contributed by atoms with Crippen molar-refractivity contribution >= 4 is 23.4 Å². The average molecular weight is 387 g/mol. The monoisotopic (exact) mass is 386 g/mol. The van der Waals surface area contributed by atoms with Gasteiger partial charge in [-0.3, -0.25) is 9.59 Å². The number of amides is 2. The van der Waals surface area contributed by atoms with E-state index in [1.807, 2.05) is 56.3 Å². The molecule has 2 rings (SSSR count). The molecule has 1 N–H and O–H groups in total. The van der Waals surface area contributed by atoms with Crippen LogP contribution in [-0.4, -0.2) is 29.3 Å². The van der Waals surface area contributed by atoms with E-state index in [9.17, 15) is 9.59 Å². The highest BCUT2D eigenvalue weighted by Gasteiger charge is 2.26. The Labute approximate surface area is 166 Å². The molecule has 0 aliphatic carbocycles. The maximum Gasteiger partial charge on any atom is 0.242 e. The molecule has 0 aromatic heterocycles. The third kappa shape index (κ3) is 6.72. The molecular formula is C22H27ClN2O2. The largest absolute Gasteiger partial charge is 0.354 e. The molecule has 5 heteroatoms. The predicted octanol–water partition coefficient (Wildman–Crippen LogP) is 4.07. The van der Waals surface area contributed by atoms with Crippen LogP contribution in [0.4, 0.5) is 0 Å². The lowest BCUT2D eigenvalue weighted by Gasteiger charge is -2.29. The quantitative estimate of drug-likeness (QED) is 0.743. The molecule has 1 unspecified atom stereocenters. The van der Waals surface area contributed by atoms with Gasteiger partial charge >= 0.3 is 0 Å². The molecule has 0 aliphatic rings. The van der Waals surface area contributed by atoms with Gasteiger partial charge in [0, 0.05) is 18.1 Å². The summed E-state index contributed by atoms with van der Waals surface area (Å²) in [6, 6.07) is 16.4. The first-order valence-corrected chi connectivity index (χ1v) is 9.60. The van der Waals surface area contributed by atoms with E-state index < -0.39 is 6.04 Å². The van der Waals surface area contributed by atoms with Crippen LogP contribution in [0.3, 0.4) is 0 Å². The molecule has 27 heavy (non-hydrogen) atoms. The topological polar surface area (TPSA) is 49.4 Å². The van der Waals surface area contributed by atoms with E-state index in [1.54, 1.807) is 24.0 Å². The van der Waals surface area contributed by atoms with Gasteiger partial charge in [0.05, 0.1) is 6.42 Å². The lowest BCUT2D eigenvalue weighted by Crippen LogP contribution is -2.48. The number of benzene rings is 2. The second kappa shape index (κ2) is 10.1. The molecule has 0 spiro atoms. The first-order valence-electron chi connectivity index (χ1n) is 9.22. The van der Waals surface area contributed by atoms with E-state index in [0.717, 1.165) is 11.1 Å². The van der Waals surface area contributed by atoms with Gasteiger partial charge < -0.3 is 10.2 Å². The summed E-state index contributed by atoms with van der Waals surface area (Å²) in [6.07, 6.45) is 0.260. The van der Waals surface area contributed by atoms with Gasteiger partial charge in [-0.25, -0.2) is 0 Å². The maximum absolute atomic E-state index is 13.0. The third-order valence-electron chi connectivity index (χ3n) is 4.32. The Bertz CT molecular complexity index is 745. The van der Waals surface area contributed by atoms with Crippen LogP contribution in [0.2, 0.25) is 5.02 Å². The van der Waals surface area contributed by atoms with Crippen LogP contribution in [0.15, 0.2) is 54.6 Å². The summed E-state index contributed by atoms with van der Waals surface area (Å²) in [5.74, 6) is 0.133. The summed E-state index contributed by atoms with van der Waals surface area (Å²) in [5.41, 5.74) is 1.86. The highest BCUT2D eigenvalue weighted by molar-refractivity contribution is 6.30. The molecule has 0 bridgehead atoms. The number of hydrogen-bond donors (Lipinski definition) is 1. The van der Waals surface area contributed by atoms with Gasteiger partial charge in [-0.2, -0.15) is 0 Å². The lowest BCUT2D eigenvalue weighted by molar-refractivity contribution is -0.140. The summed E-state index contributed by atoms with van der Waals surface area (Å²) >= 11 is 5.96. The molecular weight excluding hydrogens is 360 g/mol. The minimum atomic E-state index is -0.560. The number of carbonyl (C=O) groups is 2. The average Bonchev–Trinajstić information content (AvgIpc) is 2.65. The summed E-state index contributed by atoms with van der Waals surface area (Å²) in [4.78, 5) is 27.2. The molecule has 0 saturated heterocycles. The van der Waals surface area contributed by atoms with E-state index in [4.69, 9.17) is 11.6 Å². The Balaban J connectivity index is 2.17. The molecule has 2 amide bonds. The SMILES string of the molecule is CC(C)CNC(=O)C(C)N(Cc1ccc(Cl)cc1)C(=O)Cc1ccccc1. The number of carbonyl (C=O) groups excluding carboxylic acids is 2. The van der Waals surface area contributed by atoms with Crippen molar-refractivity contribution in [3.05, 3.63) is 70.7 Å². The molecule has 2 aromatic rings. The maximum atomic E-state index is 13.0. The van der Waals surface area contributed by atoms with Crippen LogP contribution in [0.25, 0.3) is 0 Å². The Morgan fingerprint density at radius 3 is 2.19 bits per heavy atom. The summed E-state index contributed by atoms with van der Waals surface area (Å²) < 4.78 is 0. The molecule has 4 nitrogen and oxygen atoms in total. The lowest BCUT2D eigenvalue weighted by atomic mass is 10.1. The van der Waals surface area contributed by atoms with E-state index in [0.29, 0.717) is 24.0 Å². The van der Waals surface area contributed by atoms with Gasteiger partial charge in [0.1, 0.15) is 6.04 Å². The summed E-state index contributed by atoms with van der Waals surface area (Å²) in [5, 5.41) is 3.56. The number of halogens is 1. The van der Waals surface area contributed by atoms with Gasteiger partial charge in [-0.1, -0.05) is 67.9 Å². The van der Waals surface area contributed by atoms with Crippen LogP contribution in [-0.2, 0) is 22.6 Å². The normalized spacial score (nSPS) is 11.9. The van der Waals surface area contributed by atoms with Gasteiger partial charge in [0.2, 0.25) is 11.8 Å². The molecule has 0 saturated carbocycles. The number of nitrogens with zero attached hydrogens (tertiary/aromatic N) is 1. The fourth-order valence-corrected chi connectivity index (χ4v) is 2.82. The van der Waals surface area contributed by atoms with Gasteiger partial charge in [-0.05, 0) is 36.1 Å². The molecule has 0 radical (unpaired) electrons. The smallest absolute Gasteiger partial charge is 0.242 e. The van der Waals surface area contributed by atoms with Crippen molar-refractivity contribution in [1.82, 2.24) is 10.2 Å². The molecule has 2 aromatic carbocycles. The Kier molecular flexibility index (Phi) is 7.86. The predicted molar refractivity (Wildman–Crippen MR) is 109 cm³/mol. The second-order valence-corrected chi connectivity index (χ2v) is 7.56. The number of nitrogens with one attached hydrogen (secondary N) is 1. The standard InChI is InChI=1S/C22H27ClN2O2/c1-16(2)14-24-22(27)17(3)25(15-19-9-11-20(23)12-10-19)21(26)13-18-7-5-4-6-8-18/h4-12,16-17H,13-15H2,1-3H3,(H,24,27). The Morgan fingerprint density at radius 2 is 1.59 bits per heavy atom. The van der Waals surface area contributed by atoms with Crippen molar-refractivity contribution in [1.29, 1.82) is 0 Å². The van der Waals surface area contributed by atoms with Gasteiger partial charge in [-0.15, -0.1) is 0 Å². The van der Waals surface area contributed by atoms with E-state index >= 15 is 0 Å². The molecule has 1 atom stereocenters. The van der Waals surface area contributed by atoms with Crippen LogP contribution < -0.4 is 5.32 Å². The van der Waals surface area contributed by atoms with E-state index in [1.165, 1.54) is 0 Å². The van der Waals surface area contributed by atoms with Crippen molar-refractivity contribution in [2.24, 2.45) is 5.92 Å². The van der Waals surface area contributed by atoms with Crippen molar-refractivity contribution < 1.29 is 9.59 Å². The van der Waals surface area contributed by atoms with Gasteiger partial charge in [0.15, 0.2) is 0 Å². The molecule has 0 fully saturated rings. The molecule has 0 aliphatic heterocycles. The highest BCUT2D eigenvalue weighted by Crippen LogP contribution is 2.15. The highest BCUT2D eigenvalue weighted by atomic mass is 35.5. The van der Waals surface area contributed by atoms with Crippen LogP contribution in [0, 0.1) is 5.92 Å². The van der Waals surface area contributed by atoms with Crippen molar-refractivity contribution in [3.8, 4) is 0 Å². The van der Waals surface area contributed by atoms with Crippen LogP contribution >= 0.6 is 11.6 Å². The Morgan fingerprint density at radius 1 is 0.963 bits per heavy atom. The first-order chi connectivity index (χ1) is 12.9. The van der Waals surface area contributed by atoms with E-state index in [2.05, 4.69) is 5.32 Å². The fourth-order valence-electron chi connectivity index (χ4n) is 2.69. The minimum Gasteiger partial charge on any atom is -0.354 e. The second-order valence-electron chi connectivity index (χ2n) is 7.13.